The molecule has 0 unspecified atom stereocenters. The van der Waals surface area contributed by atoms with Gasteiger partial charge in [-0.3, -0.25) is 9.59 Å². The second-order valence-corrected chi connectivity index (χ2v) is 21.6. The van der Waals surface area contributed by atoms with Gasteiger partial charge in [0, 0.05) is 51.2 Å². The minimum Gasteiger partial charge on any atom is -0.462 e. The first-order chi connectivity index (χ1) is 40.2. The van der Waals surface area contributed by atoms with E-state index in [2.05, 4.69) is 5.32 Å². The number of aliphatic hydroxyl groups excluding tert-OH is 9. The van der Waals surface area contributed by atoms with Crippen LogP contribution in [0.1, 0.15) is 79.1 Å². The van der Waals surface area contributed by atoms with Gasteiger partial charge in [-0.05, 0) is 33.1 Å². The highest BCUT2D eigenvalue weighted by Crippen LogP contribution is 2.38. The maximum absolute atomic E-state index is 14.1. The van der Waals surface area contributed by atoms with E-state index in [-0.39, 0.29) is 58.0 Å². The second kappa shape index (κ2) is 42.2. The molecular weight excluding hydrogens is 1100 g/mol. The standard InChI is InChI=1S/C60H100N2O22/c1-40-18-16-14-12-10-8-6-7-9-11-13-15-17-19-47(83-59-57(72)54(61)56(71)43(4)82-59)37-51-53(58(73)62-22-23-76-26-27-78-30-31-80-33-32-79-29-28-77-25-24-75-5)50(68)39-60(74,84-51)38-46(65)34-44(63)20-21-48(66)49(67)35-45(64)36-52(69)81-42(3)41(2)55(40)70/h6-19,40-51,53-57,59,63-68,70-72,74H,20-39,61H2,1-5H3,(H,62,73)/b7-6+,10-8+,11-9+,14-12+,15-13+,18-16+,19-17+/t40-,41+,42-,43+,44-,45+,46-,47-,48-,49-,50-,51-,53+,54-,55+,56+,57-,59-,60+/m0/s1. The number of carbonyl (C=O) groups is 2. The molecule has 84 heavy (non-hydrogen) atoms. The quantitative estimate of drug-likeness (QED) is 0.0549. The lowest BCUT2D eigenvalue weighted by Gasteiger charge is -2.46. The van der Waals surface area contributed by atoms with Crippen molar-refractivity contribution in [1.29, 1.82) is 0 Å². The SMILES string of the molecule is COCCOCCOCCOCCOCCOCCNC(=O)[C@H]1[C@@H]2C[C@@H](O[C@@H]3O[C@H](C)[C@@H](O)[C@H](N)[C@@H]3O)/C=C/C=C/C=C/C=C/C=C/C=C/C=C/[C@H](C)[C@@H](O)[C@H](C)[C@H](C)OC(=O)C[C@H](O)C[C@H](O)[C@@H](O)CC[C@H](O)C[C@H](O)C[C@](O)(C[C@@H]1O)O2. The van der Waals surface area contributed by atoms with E-state index in [0.717, 1.165) is 0 Å². The number of amides is 1. The number of hydrogen-bond donors (Lipinski definition) is 12. The van der Waals surface area contributed by atoms with Crippen LogP contribution in [0.2, 0.25) is 0 Å². The van der Waals surface area contributed by atoms with Crippen molar-refractivity contribution in [2.75, 3.05) is 86.3 Å². The number of allylic oxidation sites excluding steroid dienone is 12. The Morgan fingerprint density at radius 1 is 0.595 bits per heavy atom. The molecule has 0 aliphatic carbocycles. The van der Waals surface area contributed by atoms with Crippen LogP contribution in [0.15, 0.2) is 85.1 Å². The molecule has 3 aliphatic rings. The fraction of sp³-hybridized carbons (Fsp3) is 0.733. The molecule has 3 rings (SSSR count). The summed E-state index contributed by atoms with van der Waals surface area (Å²) < 4.78 is 56.3. The van der Waals surface area contributed by atoms with Crippen molar-refractivity contribution in [3.63, 3.8) is 0 Å². The first-order valence-corrected chi connectivity index (χ1v) is 29.3. The number of hydrogen-bond acceptors (Lipinski definition) is 23. The molecule has 0 saturated carbocycles. The summed E-state index contributed by atoms with van der Waals surface area (Å²) >= 11 is 0. The summed E-state index contributed by atoms with van der Waals surface area (Å²) in [7, 11) is 1.60. The Balaban J connectivity index is 1.79. The first kappa shape index (κ1) is 74.6. The first-order valence-electron chi connectivity index (χ1n) is 29.3. The number of fused-ring (bicyclic) bond motifs is 2. The van der Waals surface area contributed by atoms with Crippen molar-refractivity contribution in [2.45, 2.75) is 177 Å². The monoisotopic (exact) mass is 1200 g/mol. The molecule has 482 valence electrons. The Hall–Kier alpha value is -3.68. The molecule has 0 aromatic carbocycles. The highest BCUT2D eigenvalue weighted by atomic mass is 16.7. The highest BCUT2D eigenvalue weighted by molar-refractivity contribution is 5.80. The van der Waals surface area contributed by atoms with E-state index in [1.807, 2.05) is 37.3 Å². The highest BCUT2D eigenvalue weighted by Gasteiger charge is 2.51. The van der Waals surface area contributed by atoms with Crippen LogP contribution in [0.5, 0.6) is 0 Å². The van der Waals surface area contributed by atoms with Gasteiger partial charge in [0.25, 0.3) is 0 Å². The topological polar surface area (TPSA) is 367 Å². The molecule has 0 spiro atoms. The molecule has 24 nitrogen and oxygen atoms in total. The van der Waals surface area contributed by atoms with E-state index < -0.39 is 147 Å². The zero-order chi connectivity index (χ0) is 61.9. The molecule has 2 saturated heterocycles. The van der Waals surface area contributed by atoms with E-state index in [4.69, 9.17) is 53.1 Å². The number of rotatable bonds is 21. The van der Waals surface area contributed by atoms with Crippen molar-refractivity contribution < 1.29 is 108 Å². The molecule has 1 amide bonds. The molecule has 3 heterocycles. The van der Waals surface area contributed by atoms with Gasteiger partial charge in [0.05, 0.1) is 158 Å². The van der Waals surface area contributed by atoms with E-state index in [1.54, 1.807) is 82.6 Å². The van der Waals surface area contributed by atoms with Gasteiger partial charge in [-0.15, -0.1) is 0 Å². The van der Waals surface area contributed by atoms with Gasteiger partial charge in [0.1, 0.15) is 12.2 Å². The smallest absolute Gasteiger partial charge is 0.308 e. The molecule has 3 aliphatic heterocycles. The molecular formula is C60H100N2O22. The number of aliphatic hydroxyl groups is 10. The molecule has 2 fully saturated rings. The van der Waals surface area contributed by atoms with Crippen LogP contribution in [0, 0.1) is 17.8 Å². The fourth-order valence-electron chi connectivity index (χ4n) is 9.48. The van der Waals surface area contributed by atoms with Gasteiger partial charge in [0.15, 0.2) is 12.1 Å². The van der Waals surface area contributed by atoms with Crippen LogP contribution in [-0.2, 0) is 57.0 Å². The fourth-order valence-corrected chi connectivity index (χ4v) is 9.48. The predicted molar refractivity (Wildman–Crippen MR) is 308 cm³/mol. The summed E-state index contributed by atoms with van der Waals surface area (Å²) in [5.74, 6) is -5.82. The number of nitrogens with one attached hydrogen (secondary N) is 1. The van der Waals surface area contributed by atoms with Gasteiger partial charge < -0.3 is 109 Å². The summed E-state index contributed by atoms with van der Waals surface area (Å²) in [5, 5.41) is 113. The van der Waals surface area contributed by atoms with Crippen molar-refractivity contribution in [3.8, 4) is 0 Å². The summed E-state index contributed by atoms with van der Waals surface area (Å²) in [6.07, 6.45) is 4.09. The minimum absolute atomic E-state index is 0.0141. The third-order valence-corrected chi connectivity index (χ3v) is 14.5. The van der Waals surface area contributed by atoms with Gasteiger partial charge in [-0.2, -0.15) is 0 Å². The van der Waals surface area contributed by atoms with E-state index >= 15 is 0 Å². The number of esters is 1. The van der Waals surface area contributed by atoms with Gasteiger partial charge in [-0.25, -0.2) is 0 Å². The van der Waals surface area contributed by atoms with Crippen LogP contribution >= 0.6 is 0 Å². The van der Waals surface area contributed by atoms with E-state index in [1.165, 1.54) is 0 Å². The third-order valence-electron chi connectivity index (χ3n) is 14.5. The van der Waals surface area contributed by atoms with Crippen LogP contribution in [-0.4, -0.2) is 247 Å². The average Bonchev–Trinajstić information content (AvgIpc) is 1.77. The van der Waals surface area contributed by atoms with E-state index in [9.17, 15) is 60.7 Å². The number of carbonyl (C=O) groups excluding carboxylic acids is 2. The summed E-state index contributed by atoms with van der Waals surface area (Å²) in [5.41, 5.74) is 6.15. The second-order valence-electron chi connectivity index (χ2n) is 21.6. The molecule has 19 atom stereocenters. The zero-order valence-electron chi connectivity index (χ0n) is 49.6. The Bertz CT molecular complexity index is 2010. The lowest BCUT2D eigenvalue weighted by atomic mass is 9.82. The number of cyclic esters (lactones) is 1. The van der Waals surface area contributed by atoms with Gasteiger partial charge in [0.2, 0.25) is 5.91 Å². The Morgan fingerprint density at radius 3 is 1.68 bits per heavy atom. The number of ether oxygens (including phenoxy) is 10. The van der Waals surface area contributed by atoms with Gasteiger partial charge in [-0.1, -0.05) is 98.9 Å². The van der Waals surface area contributed by atoms with Crippen LogP contribution in [0.4, 0.5) is 0 Å². The van der Waals surface area contributed by atoms with Crippen LogP contribution < -0.4 is 11.1 Å². The van der Waals surface area contributed by atoms with Crippen LogP contribution in [0.25, 0.3) is 0 Å². The molecule has 0 aromatic rings. The lowest BCUT2D eigenvalue weighted by molar-refractivity contribution is -0.307. The van der Waals surface area contributed by atoms with Crippen molar-refractivity contribution in [3.05, 3.63) is 85.1 Å². The summed E-state index contributed by atoms with van der Waals surface area (Å²) in [4.78, 5) is 26.8. The molecule has 13 N–H and O–H groups in total. The van der Waals surface area contributed by atoms with E-state index in [0.29, 0.717) is 52.9 Å². The Kier molecular flexibility index (Phi) is 37.5. The normalized spacial score (nSPS) is 37.9. The Labute approximate surface area is 495 Å². The molecule has 24 heteroatoms. The Morgan fingerprint density at radius 2 is 1.12 bits per heavy atom. The average molecular weight is 1200 g/mol. The van der Waals surface area contributed by atoms with Gasteiger partial charge >= 0.3 is 5.97 Å². The number of methoxy groups -OCH3 is 1. The maximum atomic E-state index is 14.1. The largest absolute Gasteiger partial charge is 0.462 e. The molecule has 2 bridgehead atoms. The summed E-state index contributed by atoms with van der Waals surface area (Å²) in [6.45, 7) is 10.7. The molecule has 0 radical (unpaired) electrons. The zero-order valence-corrected chi connectivity index (χ0v) is 49.6. The van der Waals surface area contributed by atoms with Crippen molar-refractivity contribution >= 4 is 11.9 Å². The van der Waals surface area contributed by atoms with Crippen LogP contribution in [0.3, 0.4) is 0 Å². The summed E-state index contributed by atoms with van der Waals surface area (Å²) in [6, 6.07) is -1.15. The van der Waals surface area contributed by atoms with Crippen molar-refractivity contribution in [2.24, 2.45) is 23.5 Å². The third kappa shape index (κ3) is 29.8. The molecule has 0 aromatic heterocycles. The minimum atomic E-state index is -2.28. The maximum Gasteiger partial charge on any atom is 0.308 e. The predicted octanol–water partition coefficient (Wildman–Crippen LogP) is 0.473. The number of nitrogens with two attached hydrogens (primary N) is 1. The van der Waals surface area contributed by atoms with Crippen molar-refractivity contribution in [1.82, 2.24) is 5.32 Å². The lowest BCUT2D eigenvalue weighted by Crippen LogP contribution is -2.62.